The monoisotopic (exact) mass is 314 g/mol. The van der Waals surface area contributed by atoms with Gasteiger partial charge in [0.2, 0.25) is 5.82 Å². The van der Waals surface area contributed by atoms with Crippen LogP contribution in [0.2, 0.25) is 0 Å². The van der Waals surface area contributed by atoms with Crippen molar-refractivity contribution in [2.75, 3.05) is 7.05 Å². The Bertz CT molecular complexity index is 611. The van der Waals surface area contributed by atoms with Crippen LogP contribution in [0.15, 0.2) is 6.07 Å². The quantitative estimate of drug-likeness (QED) is 0.823. The molecular formula is C15H17F3N2O2. The van der Waals surface area contributed by atoms with E-state index in [1.165, 1.54) is 11.9 Å². The van der Waals surface area contributed by atoms with Crippen LogP contribution in [0.3, 0.4) is 0 Å². The lowest BCUT2D eigenvalue weighted by atomic mass is 9.98. The zero-order valence-electron chi connectivity index (χ0n) is 12.1. The van der Waals surface area contributed by atoms with Crippen LogP contribution in [0.25, 0.3) is 0 Å². The van der Waals surface area contributed by atoms with Crippen molar-refractivity contribution in [2.45, 2.75) is 43.8 Å². The van der Waals surface area contributed by atoms with Crippen LogP contribution in [0.5, 0.6) is 5.75 Å². The Balaban J connectivity index is 1.85. The number of benzene rings is 1. The van der Waals surface area contributed by atoms with Crippen molar-refractivity contribution >= 4 is 5.91 Å². The number of phenols is 1. The Kier molecular flexibility index (Phi) is 3.76. The van der Waals surface area contributed by atoms with Gasteiger partial charge in [-0.2, -0.15) is 4.39 Å². The number of nitrogens with zero attached hydrogens (tertiary/aromatic N) is 1. The van der Waals surface area contributed by atoms with Crippen molar-refractivity contribution in [2.24, 2.45) is 0 Å². The molecule has 1 aromatic rings. The number of nitrogens with one attached hydrogen (secondary N) is 1. The standard InChI is InChI=1S/C15H17F3N2O2/c1-20(9-4-7-2-3-8(5-9)19-7)15(22)10-6-11(16)13(18)14(21)12(10)17/h6-9,19,21H,2-5H2,1H3. The summed E-state index contributed by atoms with van der Waals surface area (Å²) in [6.07, 6.45) is 3.58. The topological polar surface area (TPSA) is 52.6 Å². The smallest absolute Gasteiger partial charge is 0.257 e. The van der Waals surface area contributed by atoms with E-state index in [9.17, 15) is 23.1 Å². The van der Waals surface area contributed by atoms with Gasteiger partial charge in [0.15, 0.2) is 17.4 Å². The average Bonchev–Trinajstić information content (AvgIpc) is 2.85. The summed E-state index contributed by atoms with van der Waals surface area (Å²) in [4.78, 5) is 13.7. The molecule has 2 heterocycles. The third kappa shape index (κ3) is 2.43. The van der Waals surface area contributed by atoms with E-state index in [1.807, 2.05) is 0 Å². The van der Waals surface area contributed by atoms with Gasteiger partial charge in [0.25, 0.3) is 5.91 Å². The zero-order chi connectivity index (χ0) is 16.0. The van der Waals surface area contributed by atoms with Gasteiger partial charge in [0, 0.05) is 25.2 Å². The molecule has 4 nitrogen and oxygen atoms in total. The molecular weight excluding hydrogens is 297 g/mol. The number of hydrogen-bond acceptors (Lipinski definition) is 3. The first-order valence-corrected chi connectivity index (χ1v) is 7.28. The Morgan fingerprint density at radius 1 is 1.23 bits per heavy atom. The van der Waals surface area contributed by atoms with Crippen LogP contribution < -0.4 is 5.32 Å². The van der Waals surface area contributed by atoms with Crippen molar-refractivity contribution in [3.05, 3.63) is 29.1 Å². The van der Waals surface area contributed by atoms with Gasteiger partial charge in [-0.25, -0.2) is 8.78 Å². The minimum Gasteiger partial charge on any atom is -0.503 e. The SMILES string of the molecule is CN(C(=O)c1cc(F)c(F)c(O)c1F)C1CC2CCC(C1)N2. The molecule has 22 heavy (non-hydrogen) atoms. The van der Waals surface area contributed by atoms with Gasteiger partial charge < -0.3 is 15.3 Å². The van der Waals surface area contributed by atoms with Gasteiger partial charge in [-0.15, -0.1) is 0 Å². The van der Waals surface area contributed by atoms with E-state index in [0.29, 0.717) is 18.2 Å². The highest BCUT2D eigenvalue weighted by molar-refractivity contribution is 5.95. The van der Waals surface area contributed by atoms with Crippen molar-refractivity contribution < 1.29 is 23.1 Å². The first-order valence-electron chi connectivity index (χ1n) is 7.28. The van der Waals surface area contributed by atoms with Crippen LogP contribution in [0.1, 0.15) is 36.0 Å². The van der Waals surface area contributed by atoms with Crippen LogP contribution in [0, 0.1) is 17.5 Å². The lowest BCUT2D eigenvalue weighted by Crippen LogP contribution is -2.48. The number of phenolic OH excluding ortho intramolecular Hbond substituents is 1. The van der Waals surface area contributed by atoms with Crippen molar-refractivity contribution in [3.8, 4) is 5.75 Å². The number of piperidine rings is 1. The molecule has 2 fully saturated rings. The van der Waals surface area contributed by atoms with E-state index in [0.717, 1.165) is 25.7 Å². The third-order valence-electron chi connectivity index (χ3n) is 4.68. The first kappa shape index (κ1) is 15.1. The predicted octanol–water partition coefficient (Wildman–Crippen LogP) is 2.16. The number of fused-ring (bicyclic) bond motifs is 2. The van der Waals surface area contributed by atoms with E-state index in [1.54, 1.807) is 0 Å². The second-order valence-electron chi connectivity index (χ2n) is 6.06. The maximum Gasteiger partial charge on any atom is 0.257 e. The normalized spacial score (nSPS) is 27.0. The molecule has 120 valence electrons. The van der Waals surface area contributed by atoms with Gasteiger partial charge in [0.05, 0.1) is 5.56 Å². The van der Waals surface area contributed by atoms with Crippen LogP contribution in [-0.2, 0) is 0 Å². The molecule has 0 aromatic heterocycles. The molecule has 0 radical (unpaired) electrons. The Hall–Kier alpha value is -1.76. The highest BCUT2D eigenvalue weighted by Crippen LogP contribution is 2.31. The number of hydrogen-bond donors (Lipinski definition) is 2. The molecule has 2 bridgehead atoms. The molecule has 2 aliphatic heterocycles. The average molecular weight is 314 g/mol. The molecule has 2 atom stereocenters. The number of aromatic hydroxyl groups is 1. The zero-order valence-corrected chi connectivity index (χ0v) is 12.1. The van der Waals surface area contributed by atoms with Crippen molar-refractivity contribution in [1.29, 1.82) is 0 Å². The lowest BCUT2D eigenvalue weighted by Gasteiger charge is -2.35. The molecule has 2 unspecified atom stereocenters. The molecule has 0 spiro atoms. The number of rotatable bonds is 2. The van der Waals surface area contributed by atoms with E-state index >= 15 is 0 Å². The van der Waals surface area contributed by atoms with Gasteiger partial charge in [-0.05, 0) is 31.7 Å². The maximum atomic E-state index is 13.9. The van der Waals surface area contributed by atoms with E-state index in [-0.39, 0.29) is 6.04 Å². The summed E-state index contributed by atoms with van der Waals surface area (Å²) in [6.45, 7) is 0. The Morgan fingerprint density at radius 2 is 1.82 bits per heavy atom. The fraction of sp³-hybridized carbons (Fsp3) is 0.533. The van der Waals surface area contributed by atoms with Crippen molar-refractivity contribution in [1.82, 2.24) is 10.2 Å². The molecule has 7 heteroatoms. The molecule has 2 saturated heterocycles. The van der Waals surface area contributed by atoms with Crippen LogP contribution in [0.4, 0.5) is 13.2 Å². The van der Waals surface area contributed by atoms with Gasteiger partial charge in [-0.1, -0.05) is 0 Å². The minimum absolute atomic E-state index is 0.0825. The highest BCUT2D eigenvalue weighted by atomic mass is 19.2. The number of carbonyl (C=O) groups excluding carboxylic acids is 1. The molecule has 1 amide bonds. The first-order chi connectivity index (χ1) is 10.4. The van der Waals surface area contributed by atoms with E-state index in [4.69, 9.17) is 0 Å². The lowest BCUT2D eigenvalue weighted by molar-refractivity contribution is 0.0675. The second-order valence-corrected chi connectivity index (χ2v) is 6.06. The summed E-state index contributed by atoms with van der Waals surface area (Å²) in [7, 11) is 1.52. The van der Waals surface area contributed by atoms with E-state index < -0.39 is 34.7 Å². The predicted molar refractivity (Wildman–Crippen MR) is 73.0 cm³/mol. The van der Waals surface area contributed by atoms with Crippen LogP contribution in [-0.4, -0.2) is 41.1 Å². The van der Waals surface area contributed by atoms with Gasteiger partial charge in [-0.3, -0.25) is 4.79 Å². The molecule has 3 rings (SSSR count). The largest absolute Gasteiger partial charge is 0.503 e. The summed E-state index contributed by atoms with van der Waals surface area (Å²) < 4.78 is 40.3. The Labute approximate surface area is 125 Å². The summed E-state index contributed by atoms with van der Waals surface area (Å²) in [5.74, 6) is -6.76. The Morgan fingerprint density at radius 3 is 2.41 bits per heavy atom. The van der Waals surface area contributed by atoms with Crippen LogP contribution >= 0.6 is 0 Å². The van der Waals surface area contributed by atoms with E-state index in [2.05, 4.69) is 5.32 Å². The number of halogens is 3. The van der Waals surface area contributed by atoms with Gasteiger partial charge in [0.1, 0.15) is 0 Å². The molecule has 2 N–H and O–H groups in total. The summed E-state index contributed by atoms with van der Waals surface area (Å²) in [5.41, 5.74) is -0.648. The fourth-order valence-electron chi connectivity index (χ4n) is 3.45. The molecule has 1 aromatic carbocycles. The number of amides is 1. The maximum absolute atomic E-state index is 13.9. The minimum atomic E-state index is -1.68. The molecule has 0 saturated carbocycles. The third-order valence-corrected chi connectivity index (χ3v) is 4.68. The highest BCUT2D eigenvalue weighted by Gasteiger charge is 2.37. The molecule has 0 aliphatic carbocycles. The summed E-state index contributed by atoms with van der Waals surface area (Å²) >= 11 is 0. The fourth-order valence-corrected chi connectivity index (χ4v) is 3.45. The second kappa shape index (κ2) is 5.46. The molecule has 2 aliphatic rings. The van der Waals surface area contributed by atoms with Gasteiger partial charge >= 0.3 is 0 Å². The summed E-state index contributed by atoms with van der Waals surface area (Å²) in [6, 6.07) is 1.09. The van der Waals surface area contributed by atoms with Crippen molar-refractivity contribution in [3.63, 3.8) is 0 Å². The summed E-state index contributed by atoms with van der Waals surface area (Å²) in [5, 5.41) is 12.7. The number of carbonyl (C=O) groups is 1.